The Morgan fingerprint density at radius 3 is 2.57 bits per heavy atom. The Labute approximate surface area is 133 Å². The molecular weight excluding hydrogens is 327 g/mol. The van der Waals surface area contributed by atoms with Crippen LogP contribution in [0, 0.1) is 6.92 Å². The smallest absolute Gasteiger partial charge is 0.433 e. The molecule has 0 fully saturated rings. The Bertz CT molecular complexity index is 815. The molecule has 0 aromatic carbocycles. The molecule has 0 spiro atoms. The second-order valence-corrected chi connectivity index (χ2v) is 5.47. The maximum Gasteiger partial charge on any atom is 0.433 e. The maximum atomic E-state index is 12.5. The first-order chi connectivity index (χ1) is 10.9. The number of pyridine rings is 2. The highest BCUT2D eigenvalue weighted by molar-refractivity contribution is 7.09. The van der Waals surface area contributed by atoms with Gasteiger partial charge in [0.2, 0.25) is 5.88 Å². The van der Waals surface area contributed by atoms with Crippen molar-refractivity contribution in [2.24, 2.45) is 0 Å². The number of hydrogen-bond donors (Lipinski definition) is 0. The lowest BCUT2D eigenvalue weighted by atomic mass is 10.2. The van der Waals surface area contributed by atoms with Gasteiger partial charge in [-0.05, 0) is 48.8 Å². The molecule has 3 heterocycles. The molecule has 0 aliphatic heterocycles. The van der Waals surface area contributed by atoms with Gasteiger partial charge in [0, 0.05) is 6.20 Å². The van der Waals surface area contributed by atoms with Crippen LogP contribution in [0.25, 0.3) is 10.4 Å². The zero-order chi connectivity index (χ0) is 16.4. The zero-order valence-corrected chi connectivity index (χ0v) is 12.6. The van der Waals surface area contributed by atoms with Crippen molar-refractivity contribution >= 4 is 11.5 Å². The van der Waals surface area contributed by atoms with Crippen molar-refractivity contribution in [1.82, 2.24) is 14.3 Å². The number of aryl methyl sites for hydroxylation is 1. The van der Waals surface area contributed by atoms with E-state index in [1.165, 1.54) is 17.6 Å². The minimum atomic E-state index is -4.48. The maximum absolute atomic E-state index is 12.5. The van der Waals surface area contributed by atoms with Crippen LogP contribution in [0.1, 0.15) is 11.4 Å². The largest absolute Gasteiger partial charge is 0.437 e. The molecule has 0 unspecified atom stereocenters. The molecule has 3 aromatic heterocycles. The van der Waals surface area contributed by atoms with Crippen LogP contribution in [-0.2, 0) is 6.18 Å². The Balaban J connectivity index is 1.89. The minimum Gasteiger partial charge on any atom is -0.437 e. The summed E-state index contributed by atoms with van der Waals surface area (Å²) in [5.41, 5.74) is 0.623. The third kappa shape index (κ3) is 3.48. The molecule has 0 atom stereocenters. The molecule has 0 saturated heterocycles. The number of ether oxygens (including phenoxy) is 1. The van der Waals surface area contributed by atoms with Gasteiger partial charge in [0.05, 0.1) is 22.3 Å². The van der Waals surface area contributed by atoms with E-state index in [2.05, 4.69) is 14.3 Å². The van der Waals surface area contributed by atoms with E-state index in [0.29, 0.717) is 0 Å². The normalized spacial score (nSPS) is 11.5. The van der Waals surface area contributed by atoms with Crippen LogP contribution in [0.4, 0.5) is 13.2 Å². The number of halogens is 3. The molecule has 0 radical (unpaired) electrons. The van der Waals surface area contributed by atoms with E-state index in [0.717, 1.165) is 28.4 Å². The molecular formula is C15H10F3N3OS. The van der Waals surface area contributed by atoms with Crippen molar-refractivity contribution in [3.05, 3.63) is 54.1 Å². The average Bonchev–Trinajstić information content (AvgIpc) is 2.94. The second kappa shape index (κ2) is 5.96. The quantitative estimate of drug-likeness (QED) is 0.694. The molecule has 0 N–H and O–H groups in total. The first kappa shape index (κ1) is 15.4. The molecule has 0 aliphatic rings. The molecule has 0 amide bonds. The van der Waals surface area contributed by atoms with Gasteiger partial charge in [0.15, 0.2) is 0 Å². The summed E-state index contributed by atoms with van der Waals surface area (Å²) in [6.07, 6.45) is -1.90. The van der Waals surface area contributed by atoms with Crippen molar-refractivity contribution < 1.29 is 17.9 Å². The number of aromatic nitrogens is 3. The Morgan fingerprint density at radius 2 is 1.96 bits per heavy atom. The highest BCUT2D eigenvalue weighted by atomic mass is 32.1. The molecule has 8 heteroatoms. The molecule has 3 rings (SSSR count). The Kier molecular flexibility index (Phi) is 3.99. The summed E-state index contributed by atoms with van der Waals surface area (Å²) in [4.78, 5) is 8.37. The highest BCUT2D eigenvalue weighted by Gasteiger charge is 2.32. The van der Waals surface area contributed by atoms with Crippen LogP contribution in [0.5, 0.6) is 11.6 Å². The van der Waals surface area contributed by atoms with Crippen molar-refractivity contribution in [2.75, 3.05) is 0 Å². The summed E-state index contributed by atoms with van der Waals surface area (Å²) in [7, 11) is 0. The summed E-state index contributed by atoms with van der Waals surface area (Å²) in [6.45, 7) is 1.87. The monoisotopic (exact) mass is 337 g/mol. The number of alkyl halides is 3. The van der Waals surface area contributed by atoms with E-state index in [1.807, 2.05) is 19.1 Å². The van der Waals surface area contributed by atoms with Crippen LogP contribution in [0.15, 0.2) is 42.7 Å². The molecule has 4 nitrogen and oxygen atoms in total. The Hall–Kier alpha value is -2.48. The van der Waals surface area contributed by atoms with E-state index in [-0.39, 0.29) is 11.6 Å². The van der Waals surface area contributed by atoms with Gasteiger partial charge in [-0.2, -0.15) is 17.5 Å². The Morgan fingerprint density at radius 1 is 1.13 bits per heavy atom. The van der Waals surface area contributed by atoms with Crippen molar-refractivity contribution in [3.8, 4) is 22.1 Å². The summed E-state index contributed by atoms with van der Waals surface area (Å²) in [5, 5.41) is 0. The van der Waals surface area contributed by atoms with Gasteiger partial charge in [0.25, 0.3) is 0 Å². The third-order valence-corrected chi connectivity index (χ3v) is 3.82. The van der Waals surface area contributed by atoms with E-state index < -0.39 is 11.9 Å². The first-order valence-corrected chi connectivity index (χ1v) is 7.30. The average molecular weight is 337 g/mol. The lowest BCUT2D eigenvalue weighted by Crippen LogP contribution is -2.07. The van der Waals surface area contributed by atoms with Gasteiger partial charge in [-0.15, -0.1) is 0 Å². The fourth-order valence-corrected chi connectivity index (χ4v) is 2.64. The van der Waals surface area contributed by atoms with Crippen LogP contribution in [0.3, 0.4) is 0 Å². The van der Waals surface area contributed by atoms with Gasteiger partial charge in [0.1, 0.15) is 11.4 Å². The fraction of sp³-hybridized carbons (Fsp3) is 0.133. The molecule has 3 aromatic rings. The standard InChI is InChI=1S/C15H10F3N3OS/c1-9-7-12(23-21-9)11-3-2-6-19-14(11)22-10-4-5-13(20-8-10)15(16,17)18/h2-8H,1H3. The number of nitrogens with zero attached hydrogens (tertiary/aromatic N) is 3. The highest BCUT2D eigenvalue weighted by Crippen LogP contribution is 2.34. The van der Waals surface area contributed by atoms with Gasteiger partial charge >= 0.3 is 6.18 Å². The van der Waals surface area contributed by atoms with Crippen molar-refractivity contribution in [1.29, 1.82) is 0 Å². The topological polar surface area (TPSA) is 47.9 Å². The van der Waals surface area contributed by atoms with Crippen molar-refractivity contribution in [3.63, 3.8) is 0 Å². The molecule has 0 bridgehead atoms. The molecule has 0 aliphatic carbocycles. The van der Waals surface area contributed by atoms with Crippen LogP contribution < -0.4 is 4.74 Å². The third-order valence-electron chi connectivity index (χ3n) is 2.91. The lowest BCUT2D eigenvalue weighted by molar-refractivity contribution is -0.141. The van der Waals surface area contributed by atoms with Crippen LogP contribution in [-0.4, -0.2) is 14.3 Å². The van der Waals surface area contributed by atoms with E-state index in [4.69, 9.17) is 4.74 Å². The summed E-state index contributed by atoms with van der Waals surface area (Å²) in [5.74, 6) is 0.469. The SMILES string of the molecule is Cc1cc(-c2cccnc2Oc2ccc(C(F)(F)F)nc2)sn1. The first-order valence-electron chi connectivity index (χ1n) is 6.53. The molecule has 0 saturated carbocycles. The fourth-order valence-electron chi connectivity index (χ4n) is 1.87. The lowest BCUT2D eigenvalue weighted by Gasteiger charge is -2.09. The zero-order valence-electron chi connectivity index (χ0n) is 11.8. The predicted octanol–water partition coefficient (Wildman–Crippen LogP) is 4.72. The number of rotatable bonds is 3. The summed E-state index contributed by atoms with van der Waals surface area (Å²) < 4.78 is 47.3. The summed E-state index contributed by atoms with van der Waals surface area (Å²) in [6, 6.07) is 7.54. The van der Waals surface area contributed by atoms with Crippen LogP contribution >= 0.6 is 11.5 Å². The molecule has 118 valence electrons. The summed E-state index contributed by atoms with van der Waals surface area (Å²) >= 11 is 1.30. The van der Waals surface area contributed by atoms with Gasteiger partial charge in [-0.25, -0.2) is 9.97 Å². The van der Waals surface area contributed by atoms with Gasteiger partial charge in [-0.1, -0.05) is 0 Å². The van der Waals surface area contributed by atoms with E-state index in [9.17, 15) is 13.2 Å². The number of hydrogen-bond acceptors (Lipinski definition) is 5. The second-order valence-electron chi connectivity index (χ2n) is 4.67. The van der Waals surface area contributed by atoms with E-state index in [1.54, 1.807) is 12.3 Å². The van der Waals surface area contributed by atoms with Gasteiger partial charge in [-0.3, -0.25) is 0 Å². The van der Waals surface area contributed by atoms with Gasteiger partial charge < -0.3 is 4.74 Å². The van der Waals surface area contributed by atoms with Crippen LogP contribution in [0.2, 0.25) is 0 Å². The predicted molar refractivity (Wildman–Crippen MR) is 79.4 cm³/mol. The minimum absolute atomic E-state index is 0.180. The van der Waals surface area contributed by atoms with Crippen molar-refractivity contribution in [2.45, 2.75) is 13.1 Å². The molecule has 23 heavy (non-hydrogen) atoms. The van der Waals surface area contributed by atoms with E-state index >= 15 is 0 Å².